The topological polar surface area (TPSA) is 98.5 Å². The maximum Gasteiger partial charge on any atom is 0.308 e. The van der Waals surface area contributed by atoms with Gasteiger partial charge in [-0.25, -0.2) is 0 Å². The summed E-state index contributed by atoms with van der Waals surface area (Å²) in [6.07, 6.45) is 0. The largest absolute Gasteiger partial charge is 0.427 e. The molecule has 0 atom stereocenters. The summed E-state index contributed by atoms with van der Waals surface area (Å²) in [5.74, 6) is -0.643. The van der Waals surface area contributed by atoms with Crippen LogP contribution in [0.2, 0.25) is 0 Å². The van der Waals surface area contributed by atoms with Gasteiger partial charge in [0.25, 0.3) is 11.6 Å². The smallest absolute Gasteiger partial charge is 0.308 e. The van der Waals surface area contributed by atoms with Crippen molar-refractivity contribution in [3.8, 4) is 5.75 Å². The van der Waals surface area contributed by atoms with Crippen LogP contribution >= 0.6 is 0 Å². The Kier molecular flexibility index (Phi) is 4.47. The SMILES string of the molecule is CC(=O)Oc1ccc(C(=O)Nc2ccccc2[N+](=O)[O-])cc1. The van der Waals surface area contributed by atoms with E-state index in [4.69, 9.17) is 4.74 Å². The standard InChI is InChI=1S/C15H12N2O5/c1-10(18)22-12-8-6-11(7-9-12)15(19)16-13-4-2-3-5-14(13)17(20)21/h2-9H,1H3,(H,16,19). The van der Waals surface area contributed by atoms with Gasteiger partial charge >= 0.3 is 5.97 Å². The van der Waals surface area contributed by atoms with Gasteiger partial charge in [-0.15, -0.1) is 0 Å². The summed E-state index contributed by atoms with van der Waals surface area (Å²) in [6, 6.07) is 11.7. The molecule has 0 spiro atoms. The van der Waals surface area contributed by atoms with Crippen LogP contribution in [0.25, 0.3) is 0 Å². The van der Waals surface area contributed by atoms with Crippen molar-refractivity contribution in [2.45, 2.75) is 6.92 Å². The van der Waals surface area contributed by atoms with Gasteiger partial charge in [0.15, 0.2) is 0 Å². The summed E-state index contributed by atoms with van der Waals surface area (Å²) in [5, 5.41) is 13.4. The zero-order chi connectivity index (χ0) is 16.1. The molecule has 2 rings (SSSR count). The number of carbonyl (C=O) groups is 2. The van der Waals surface area contributed by atoms with Crippen LogP contribution in [0.5, 0.6) is 5.75 Å². The average molecular weight is 300 g/mol. The Morgan fingerprint density at radius 2 is 1.73 bits per heavy atom. The number of nitrogens with one attached hydrogen (secondary N) is 1. The third kappa shape index (κ3) is 3.66. The van der Waals surface area contributed by atoms with Crippen molar-refractivity contribution >= 4 is 23.3 Å². The molecule has 0 bridgehead atoms. The maximum absolute atomic E-state index is 12.1. The van der Waals surface area contributed by atoms with Gasteiger partial charge in [0, 0.05) is 18.6 Å². The van der Waals surface area contributed by atoms with Gasteiger partial charge in [-0.2, -0.15) is 0 Å². The van der Waals surface area contributed by atoms with Crippen LogP contribution in [-0.2, 0) is 4.79 Å². The summed E-state index contributed by atoms with van der Waals surface area (Å²) < 4.78 is 4.86. The zero-order valence-corrected chi connectivity index (χ0v) is 11.6. The first-order chi connectivity index (χ1) is 10.5. The molecule has 2 aromatic carbocycles. The van der Waals surface area contributed by atoms with Crippen LogP contribution in [0.15, 0.2) is 48.5 Å². The molecular weight excluding hydrogens is 288 g/mol. The van der Waals surface area contributed by atoms with E-state index in [0.29, 0.717) is 5.75 Å². The molecular formula is C15H12N2O5. The van der Waals surface area contributed by atoms with Gasteiger partial charge in [-0.1, -0.05) is 12.1 Å². The number of benzene rings is 2. The minimum Gasteiger partial charge on any atom is -0.427 e. The zero-order valence-electron chi connectivity index (χ0n) is 11.6. The minimum atomic E-state index is -0.570. The number of nitro groups is 1. The molecule has 0 radical (unpaired) electrons. The first kappa shape index (κ1) is 15.2. The number of amides is 1. The van der Waals surface area contributed by atoms with E-state index >= 15 is 0 Å². The predicted molar refractivity (Wildman–Crippen MR) is 78.8 cm³/mol. The highest BCUT2D eigenvalue weighted by atomic mass is 16.6. The Labute approximate surface area is 125 Å². The van der Waals surface area contributed by atoms with Crippen LogP contribution in [0, 0.1) is 10.1 Å². The molecule has 22 heavy (non-hydrogen) atoms. The highest BCUT2D eigenvalue weighted by Crippen LogP contribution is 2.24. The van der Waals surface area contributed by atoms with Crippen molar-refractivity contribution in [2.75, 3.05) is 5.32 Å². The molecule has 0 saturated heterocycles. The lowest BCUT2D eigenvalue weighted by Gasteiger charge is -2.06. The van der Waals surface area contributed by atoms with Gasteiger partial charge in [-0.3, -0.25) is 19.7 Å². The molecule has 0 fully saturated rings. The summed E-state index contributed by atoms with van der Waals surface area (Å²) in [7, 11) is 0. The molecule has 0 unspecified atom stereocenters. The molecule has 7 heteroatoms. The number of ether oxygens (including phenoxy) is 1. The van der Waals surface area contributed by atoms with Crippen molar-refractivity contribution < 1.29 is 19.2 Å². The fourth-order valence-corrected chi connectivity index (χ4v) is 1.77. The van der Waals surface area contributed by atoms with E-state index in [2.05, 4.69) is 5.32 Å². The van der Waals surface area contributed by atoms with Crippen LogP contribution in [0.4, 0.5) is 11.4 Å². The van der Waals surface area contributed by atoms with Crippen molar-refractivity contribution in [1.82, 2.24) is 0 Å². The van der Waals surface area contributed by atoms with E-state index < -0.39 is 16.8 Å². The second-order valence-electron chi connectivity index (χ2n) is 4.35. The number of esters is 1. The molecule has 0 aromatic heterocycles. The maximum atomic E-state index is 12.1. The van der Waals surface area contributed by atoms with Gasteiger partial charge in [0.2, 0.25) is 0 Å². The summed E-state index contributed by atoms with van der Waals surface area (Å²) in [6.45, 7) is 1.27. The van der Waals surface area contributed by atoms with Crippen LogP contribution < -0.4 is 10.1 Å². The van der Waals surface area contributed by atoms with Crippen molar-refractivity contribution in [3.05, 3.63) is 64.2 Å². The minimum absolute atomic E-state index is 0.113. The molecule has 1 amide bonds. The van der Waals surface area contributed by atoms with Crippen molar-refractivity contribution in [1.29, 1.82) is 0 Å². The van der Waals surface area contributed by atoms with Crippen LogP contribution in [-0.4, -0.2) is 16.8 Å². The van der Waals surface area contributed by atoms with Crippen molar-refractivity contribution in [2.24, 2.45) is 0 Å². The predicted octanol–water partition coefficient (Wildman–Crippen LogP) is 2.77. The third-order valence-electron chi connectivity index (χ3n) is 2.73. The number of para-hydroxylation sites is 2. The number of anilines is 1. The first-order valence-electron chi connectivity index (χ1n) is 6.30. The Bertz CT molecular complexity index is 725. The highest BCUT2D eigenvalue weighted by molar-refractivity contribution is 6.05. The fourth-order valence-electron chi connectivity index (χ4n) is 1.77. The quantitative estimate of drug-likeness (QED) is 0.405. The Morgan fingerprint density at radius 3 is 2.32 bits per heavy atom. The van der Waals surface area contributed by atoms with Crippen LogP contribution in [0.3, 0.4) is 0 Å². The lowest BCUT2D eigenvalue weighted by Crippen LogP contribution is -2.13. The second kappa shape index (κ2) is 6.49. The summed E-state index contributed by atoms with van der Waals surface area (Å²) in [5.41, 5.74) is 0.211. The molecule has 0 aliphatic carbocycles. The molecule has 1 N–H and O–H groups in total. The number of rotatable bonds is 4. The van der Waals surface area contributed by atoms with Crippen LogP contribution in [0.1, 0.15) is 17.3 Å². The molecule has 112 valence electrons. The molecule has 7 nitrogen and oxygen atoms in total. The van der Waals surface area contributed by atoms with Gasteiger partial charge in [0.1, 0.15) is 11.4 Å². The van der Waals surface area contributed by atoms with E-state index in [1.165, 1.54) is 49.4 Å². The lowest BCUT2D eigenvalue weighted by molar-refractivity contribution is -0.383. The first-order valence-corrected chi connectivity index (χ1v) is 6.30. The van der Waals surface area contributed by atoms with Gasteiger partial charge < -0.3 is 10.1 Å². The monoisotopic (exact) mass is 300 g/mol. The van der Waals surface area contributed by atoms with E-state index in [1.807, 2.05) is 0 Å². The van der Waals surface area contributed by atoms with E-state index in [0.717, 1.165) is 0 Å². The normalized spacial score (nSPS) is 9.86. The van der Waals surface area contributed by atoms with Gasteiger partial charge in [-0.05, 0) is 30.3 Å². The lowest BCUT2D eigenvalue weighted by atomic mass is 10.2. The average Bonchev–Trinajstić information content (AvgIpc) is 2.47. The molecule has 2 aromatic rings. The highest BCUT2D eigenvalue weighted by Gasteiger charge is 2.15. The Morgan fingerprint density at radius 1 is 1.09 bits per heavy atom. The third-order valence-corrected chi connectivity index (χ3v) is 2.73. The second-order valence-corrected chi connectivity index (χ2v) is 4.35. The number of nitro benzene ring substituents is 1. The number of nitrogens with zero attached hydrogens (tertiary/aromatic N) is 1. The Balaban J connectivity index is 2.16. The van der Waals surface area contributed by atoms with E-state index in [1.54, 1.807) is 6.07 Å². The number of carbonyl (C=O) groups excluding carboxylic acids is 2. The summed E-state index contributed by atoms with van der Waals surface area (Å²) >= 11 is 0. The number of hydrogen-bond donors (Lipinski definition) is 1. The molecule has 0 aliphatic rings. The Hall–Kier alpha value is -3.22. The van der Waals surface area contributed by atoms with E-state index in [-0.39, 0.29) is 16.9 Å². The fraction of sp³-hybridized carbons (Fsp3) is 0.0667. The molecule has 0 aliphatic heterocycles. The number of hydrogen-bond acceptors (Lipinski definition) is 5. The molecule has 0 saturated carbocycles. The van der Waals surface area contributed by atoms with Crippen molar-refractivity contribution in [3.63, 3.8) is 0 Å². The molecule has 0 heterocycles. The van der Waals surface area contributed by atoms with Gasteiger partial charge in [0.05, 0.1) is 4.92 Å². The van der Waals surface area contributed by atoms with E-state index in [9.17, 15) is 19.7 Å². The summed E-state index contributed by atoms with van der Waals surface area (Å²) in [4.78, 5) is 33.2.